The standard InChI is InChI=1S/C24H18ClNO5/c1-15-4-2-7-19(10-15)31-22-13-30-21-12-18(8-9-20(21)24(22)28)29-14-23(27)26-17-6-3-5-16(25)11-17/h2-13H,14H2,1H3,(H,26,27). The van der Waals surface area contributed by atoms with Gasteiger partial charge in [0.15, 0.2) is 6.61 Å². The maximum absolute atomic E-state index is 12.7. The molecule has 0 unspecified atom stereocenters. The Hall–Kier alpha value is -3.77. The van der Waals surface area contributed by atoms with Crippen LogP contribution >= 0.6 is 11.6 Å². The number of carbonyl (C=O) groups is 1. The maximum atomic E-state index is 12.7. The summed E-state index contributed by atoms with van der Waals surface area (Å²) in [6.07, 6.45) is 1.27. The molecule has 1 heterocycles. The molecule has 0 saturated carbocycles. The summed E-state index contributed by atoms with van der Waals surface area (Å²) < 4.78 is 16.8. The van der Waals surface area contributed by atoms with Crippen LogP contribution in [-0.2, 0) is 4.79 Å². The maximum Gasteiger partial charge on any atom is 0.262 e. The molecule has 0 bridgehead atoms. The highest BCUT2D eigenvalue weighted by atomic mass is 35.5. The minimum Gasteiger partial charge on any atom is -0.484 e. The van der Waals surface area contributed by atoms with E-state index < -0.39 is 0 Å². The fourth-order valence-corrected chi connectivity index (χ4v) is 3.16. The molecule has 0 fully saturated rings. The number of benzene rings is 3. The Morgan fingerprint density at radius 2 is 1.87 bits per heavy atom. The van der Waals surface area contributed by atoms with Crippen LogP contribution in [0.1, 0.15) is 5.56 Å². The molecule has 0 spiro atoms. The van der Waals surface area contributed by atoms with E-state index in [2.05, 4.69) is 5.32 Å². The monoisotopic (exact) mass is 435 g/mol. The number of halogens is 1. The van der Waals surface area contributed by atoms with Gasteiger partial charge >= 0.3 is 0 Å². The van der Waals surface area contributed by atoms with E-state index in [0.717, 1.165) is 5.56 Å². The lowest BCUT2D eigenvalue weighted by Crippen LogP contribution is -2.20. The van der Waals surface area contributed by atoms with Gasteiger partial charge in [-0.1, -0.05) is 29.8 Å². The number of fused-ring (bicyclic) bond motifs is 1. The molecule has 3 aromatic carbocycles. The minimum absolute atomic E-state index is 0.0904. The first-order chi connectivity index (χ1) is 15.0. The van der Waals surface area contributed by atoms with Gasteiger partial charge in [0.1, 0.15) is 23.3 Å². The summed E-state index contributed by atoms with van der Waals surface area (Å²) in [4.78, 5) is 24.8. The third-order valence-electron chi connectivity index (χ3n) is 4.41. The van der Waals surface area contributed by atoms with E-state index in [1.165, 1.54) is 6.26 Å². The predicted molar refractivity (Wildman–Crippen MR) is 119 cm³/mol. The predicted octanol–water partition coefficient (Wildman–Crippen LogP) is 5.56. The van der Waals surface area contributed by atoms with Crippen molar-refractivity contribution < 1.29 is 18.7 Å². The SMILES string of the molecule is Cc1cccc(Oc2coc3cc(OCC(=O)Nc4cccc(Cl)c4)ccc3c2=O)c1. The Labute approximate surface area is 183 Å². The third-order valence-corrected chi connectivity index (χ3v) is 4.65. The number of anilines is 1. The van der Waals surface area contributed by atoms with Crippen LogP contribution in [0, 0.1) is 6.92 Å². The first kappa shape index (κ1) is 20.5. The van der Waals surface area contributed by atoms with E-state index >= 15 is 0 Å². The summed E-state index contributed by atoms with van der Waals surface area (Å²) in [5.41, 5.74) is 1.62. The highest BCUT2D eigenvalue weighted by Gasteiger charge is 2.11. The van der Waals surface area contributed by atoms with Crippen molar-refractivity contribution in [3.63, 3.8) is 0 Å². The molecular weight excluding hydrogens is 418 g/mol. The summed E-state index contributed by atoms with van der Waals surface area (Å²) in [5, 5.41) is 3.57. The number of hydrogen-bond donors (Lipinski definition) is 1. The van der Waals surface area contributed by atoms with E-state index in [1.54, 1.807) is 48.5 Å². The lowest BCUT2D eigenvalue weighted by atomic mass is 10.2. The van der Waals surface area contributed by atoms with Gasteiger partial charge in [-0.3, -0.25) is 9.59 Å². The summed E-state index contributed by atoms with van der Waals surface area (Å²) in [5.74, 6) is 0.694. The molecule has 0 aliphatic rings. The molecule has 4 aromatic rings. The highest BCUT2D eigenvalue weighted by molar-refractivity contribution is 6.30. The number of hydrogen-bond acceptors (Lipinski definition) is 5. The summed E-state index contributed by atoms with van der Waals surface area (Å²) >= 11 is 5.91. The summed E-state index contributed by atoms with van der Waals surface area (Å²) in [6, 6.07) is 18.9. The van der Waals surface area contributed by atoms with Crippen LogP contribution in [0.2, 0.25) is 5.02 Å². The van der Waals surface area contributed by atoms with Gasteiger partial charge in [0, 0.05) is 16.8 Å². The normalized spacial score (nSPS) is 10.6. The van der Waals surface area contributed by atoms with E-state index in [9.17, 15) is 9.59 Å². The number of nitrogens with one attached hydrogen (secondary N) is 1. The molecule has 31 heavy (non-hydrogen) atoms. The minimum atomic E-state index is -0.342. The molecule has 0 saturated heterocycles. The topological polar surface area (TPSA) is 77.8 Å². The van der Waals surface area contributed by atoms with E-state index in [4.69, 9.17) is 25.5 Å². The first-order valence-electron chi connectivity index (χ1n) is 9.46. The van der Waals surface area contributed by atoms with Crippen LogP contribution in [0.3, 0.4) is 0 Å². The van der Waals surface area contributed by atoms with E-state index in [-0.39, 0.29) is 23.7 Å². The van der Waals surface area contributed by atoms with Crippen molar-refractivity contribution in [2.75, 3.05) is 11.9 Å². The van der Waals surface area contributed by atoms with Crippen LogP contribution in [-0.4, -0.2) is 12.5 Å². The van der Waals surface area contributed by atoms with Gasteiger partial charge in [0.25, 0.3) is 5.91 Å². The quantitative estimate of drug-likeness (QED) is 0.428. The van der Waals surface area contributed by atoms with Crippen LogP contribution in [0.5, 0.6) is 17.2 Å². The Kier molecular flexibility index (Phi) is 5.91. The van der Waals surface area contributed by atoms with Crippen molar-refractivity contribution in [1.29, 1.82) is 0 Å². The molecule has 6 nitrogen and oxygen atoms in total. The summed E-state index contributed by atoms with van der Waals surface area (Å²) in [7, 11) is 0. The molecule has 1 N–H and O–H groups in total. The van der Waals surface area contributed by atoms with Crippen molar-refractivity contribution in [1.82, 2.24) is 0 Å². The Morgan fingerprint density at radius 3 is 2.68 bits per heavy atom. The highest BCUT2D eigenvalue weighted by Crippen LogP contribution is 2.24. The number of aryl methyl sites for hydroxylation is 1. The average molecular weight is 436 g/mol. The number of carbonyl (C=O) groups excluding carboxylic acids is 1. The van der Waals surface area contributed by atoms with Crippen LogP contribution in [0.25, 0.3) is 11.0 Å². The van der Waals surface area contributed by atoms with Gasteiger partial charge in [0.05, 0.1) is 5.39 Å². The molecule has 4 rings (SSSR count). The molecule has 1 amide bonds. The molecule has 156 valence electrons. The molecule has 0 aliphatic carbocycles. The van der Waals surface area contributed by atoms with Crippen molar-refractivity contribution in [3.05, 3.63) is 93.8 Å². The van der Waals surface area contributed by atoms with Crippen molar-refractivity contribution in [2.45, 2.75) is 6.92 Å². The fourth-order valence-electron chi connectivity index (χ4n) is 2.97. The van der Waals surface area contributed by atoms with Crippen molar-refractivity contribution >= 4 is 34.2 Å². The van der Waals surface area contributed by atoms with Gasteiger partial charge in [0.2, 0.25) is 11.2 Å². The van der Waals surface area contributed by atoms with Gasteiger partial charge in [-0.25, -0.2) is 0 Å². The molecule has 0 radical (unpaired) electrons. The second-order valence-corrected chi connectivity index (χ2v) is 7.29. The van der Waals surface area contributed by atoms with Crippen LogP contribution in [0.4, 0.5) is 5.69 Å². The third kappa shape index (κ3) is 5.05. The van der Waals surface area contributed by atoms with Gasteiger partial charge in [-0.05, 0) is 55.0 Å². The Morgan fingerprint density at radius 1 is 1.03 bits per heavy atom. The lowest BCUT2D eigenvalue weighted by Gasteiger charge is -2.09. The van der Waals surface area contributed by atoms with Gasteiger partial charge in [-0.15, -0.1) is 0 Å². The fraction of sp³-hybridized carbons (Fsp3) is 0.0833. The van der Waals surface area contributed by atoms with E-state index in [1.807, 2.05) is 25.1 Å². The van der Waals surface area contributed by atoms with Gasteiger partial charge in [-0.2, -0.15) is 0 Å². The first-order valence-corrected chi connectivity index (χ1v) is 9.84. The zero-order valence-corrected chi connectivity index (χ0v) is 17.3. The number of rotatable bonds is 6. The van der Waals surface area contributed by atoms with Crippen LogP contribution < -0.4 is 20.2 Å². The zero-order valence-electron chi connectivity index (χ0n) is 16.6. The zero-order chi connectivity index (χ0) is 21.8. The molecule has 1 aromatic heterocycles. The smallest absolute Gasteiger partial charge is 0.262 e. The van der Waals surface area contributed by atoms with Crippen molar-refractivity contribution in [3.8, 4) is 17.2 Å². The number of ether oxygens (including phenoxy) is 2. The van der Waals surface area contributed by atoms with Crippen LogP contribution in [0.15, 0.2) is 82.2 Å². The largest absolute Gasteiger partial charge is 0.484 e. The summed E-state index contributed by atoms with van der Waals surface area (Å²) in [6.45, 7) is 1.73. The second-order valence-electron chi connectivity index (χ2n) is 6.85. The van der Waals surface area contributed by atoms with E-state index in [0.29, 0.717) is 33.2 Å². The van der Waals surface area contributed by atoms with Gasteiger partial charge < -0.3 is 19.2 Å². The lowest BCUT2D eigenvalue weighted by molar-refractivity contribution is -0.118. The average Bonchev–Trinajstić information content (AvgIpc) is 2.74. The molecule has 7 heteroatoms. The van der Waals surface area contributed by atoms with Crippen molar-refractivity contribution in [2.24, 2.45) is 0 Å². The Balaban J connectivity index is 1.45. The second kappa shape index (κ2) is 8.93. The molecule has 0 atom stereocenters. The molecule has 0 aliphatic heterocycles. The number of amides is 1. The Bertz CT molecular complexity index is 1310. The molecular formula is C24H18ClNO5.